The Kier molecular flexibility index (Phi) is 17.8. The number of aliphatic hydroxyl groups is 1. The van der Waals surface area contributed by atoms with Crippen LogP contribution >= 0.6 is 0 Å². The molecular formula is C25H46O3. The van der Waals surface area contributed by atoms with E-state index in [2.05, 4.69) is 24.3 Å². The first kappa shape index (κ1) is 25.4. The fraction of sp³-hybridized carbons (Fsp3) is 0.840. The van der Waals surface area contributed by atoms with Gasteiger partial charge in [0, 0.05) is 13.2 Å². The van der Waals surface area contributed by atoms with Crippen molar-refractivity contribution >= 4 is 0 Å². The molecule has 1 saturated heterocycles. The van der Waals surface area contributed by atoms with Crippen LogP contribution in [0, 0.1) is 0 Å². The molecule has 1 heterocycles. The highest BCUT2D eigenvalue weighted by Crippen LogP contribution is 2.14. The average molecular weight is 395 g/mol. The first-order chi connectivity index (χ1) is 13.8. The van der Waals surface area contributed by atoms with Gasteiger partial charge in [-0.15, -0.1) is 0 Å². The van der Waals surface area contributed by atoms with Crippen molar-refractivity contribution in [2.45, 2.75) is 122 Å². The second-order valence-electron chi connectivity index (χ2n) is 8.23. The minimum Gasteiger partial charge on any atom is -0.393 e. The lowest BCUT2D eigenvalue weighted by atomic mass is 10.1. The fourth-order valence-electron chi connectivity index (χ4n) is 3.48. The van der Waals surface area contributed by atoms with E-state index in [4.69, 9.17) is 9.47 Å². The quantitative estimate of drug-likeness (QED) is 0.199. The molecule has 3 nitrogen and oxygen atoms in total. The Labute approximate surface area is 174 Å². The van der Waals surface area contributed by atoms with Crippen molar-refractivity contribution in [3.63, 3.8) is 0 Å². The zero-order valence-corrected chi connectivity index (χ0v) is 18.5. The van der Waals surface area contributed by atoms with E-state index >= 15 is 0 Å². The normalized spacial score (nSPS) is 19.0. The van der Waals surface area contributed by atoms with Crippen molar-refractivity contribution in [2.75, 3.05) is 13.2 Å². The van der Waals surface area contributed by atoms with Crippen LogP contribution in [0.2, 0.25) is 0 Å². The summed E-state index contributed by atoms with van der Waals surface area (Å²) in [6, 6.07) is 0. The highest BCUT2D eigenvalue weighted by molar-refractivity contribution is 4.82. The summed E-state index contributed by atoms with van der Waals surface area (Å²) in [6.07, 6.45) is 28.6. The number of unbranched alkanes of at least 4 members (excludes halogenated alkanes) is 9. The van der Waals surface area contributed by atoms with Gasteiger partial charge in [-0.05, 0) is 90.4 Å². The number of allylic oxidation sites excluding steroid dienone is 4. The molecule has 0 spiro atoms. The maximum atomic E-state index is 9.19. The molecule has 0 amide bonds. The van der Waals surface area contributed by atoms with Crippen molar-refractivity contribution in [1.29, 1.82) is 0 Å². The van der Waals surface area contributed by atoms with Crippen LogP contribution in [0.4, 0.5) is 0 Å². The van der Waals surface area contributed by atoms with Crippen LogP contribution in [0.5, 0.6) is 0 Å². The van der Waals surface area contributed by atoms with E-state index in [1.54, 1.807) is 0 Å². The zero-order chi connectivity index (χ0) is 20.1. The molecule has 1 N–H and O–H groups in total. The fourth-order valence-corrected chi connectivity index (χ4v) is 3.48. The van der Waals surface area contributed by atoms with Crippen molar-refractivity contribution in [3.05, 3.63) is 24.3 Å². The lowest BCUT2D eigenvalue weighted by molar-refractivity contribution is -0.162. The van der Waals surface area contributed by atoms with Gasteiger partial charge < -0.3 is 14.6 Å². The minimum absolute atomic E-state index is 0.0705. The molecule has 2 atom stereocenters. The molecule has 0 radical (unpaired) electrons. The lowest BCUT2D eigenvalue weighted by Crippen LogP contribution is -2.22. The maximum Gasteiger partial charge on any atom is 0.157 e. The van der Waals surface area contributed by atoms with Gasteiger partial charge in [-0.3, -0.25) is 0 Å². The summed E-state index contributed by atoms with van der Waals surface area (Å²) in [4.78, 5) is 0. The summed E-state index contributed by atoms with van der Waals surface area (Å²) in [5.41, 5.74) is 0. The van der Waals surface area contributed by atoms with Crippen LogP contribution in [-0.2, 0) is 9.47 Å². The van der Waals surface area contributed by atoms with Crippen molar-refractivity contribution in [1.82, 2.24) is 0 Å². The van der Waals surface area contributed by atoms with Crippen LogP contribution in [0.3, 0.4) is 0 Å². The predicted octanol–water partition coefficient (Wildman–Crippen LogP) is 7.09. The molecule has 28 heavy (non-hydrogen) atoms. The Balaban J connectivity index is 1.73. The average Bonchev–Trinajstić information content (AvgIpc) is 2.70. The molecule has 1 rings (SSSR count). The summed E-state index contributed by atoms with van der Waals surface area (Å²) in [5, 5.41) is 9.19. The van der Waals surface area contributed by atoms with Gasteiger partial charge in [0.05, 0.1) is 6.10 Å². The summed E-state index contributed by atoms with van der Waals surface area (Å²) in [7, 11) is 0. The molecule has 2 unspecified atom stereocenters. The minimum atomic E-state index is -0.149. The van der Waals surface area contributed by atoms with Gasteiger partial charge in [-0.1, -0.05) is 43.6 Å². The third-order valence-corrected chi connectivity index (χ3v) is 5.27. The topological polar surface area (TPSA) is 38.7 Å². The molecule has 0 saturated carbocycles. The predicted molar refractivity (Wildman–Crippen MR) is 120 cm³/mol. The summed E-state index contributed by atoms with van der Waals surface area (Å²) in [6.45, 7) is 3.58. The molecule has 1 fully saturated rings. The third kappa shape index (κ3) is 17.5. The standard InChI is InChI=1S/C25H46O3/c1-24(26)20-16-14-12-10-8-6-4-2-3-5-7-9-11-13-15-18-22-27-25-21-17-19-23-28-25/h9-12,24-26H,2-8,13-23H2,1H3/b11-9-,12-10-. The molecule has 1 aliphatic heterocycles. The summed E-state index contributed by atoms with van der Waals surface area (Å²) in [5.74, 6) is 0. The van der Waals surface area contributed by atoms with E-state index in [1.807, 2.05) is 6.92 Å². The number of hydrogen-bond donors (Lipinski definition) is 1. The Morgan fingerprint density at radius 1 is 0.821 bits per heavy atom. The van der Waals surface area contributed by atoms with Crippen LogP contribution in [-0.4, -0.2) is 30.7 Å². The van der Waals surface area contributed by atoms with Crippen LogP contribution < -0.4 is 0 Å². The first-order valence-electron chi connectivity index (χ1n) is 12.0. The van der Waals surface area contributed by atoms with Gasteiger partial charge in [-0.2, -0.15) is 0 Å². The van der Waals surface area contributed by atoms with Crippen molar-refractivity contribution in [3.8, 4) is 0 Å². The van der Waals surface area contributed by atoms with Gasteiger partial charge >= 0.3 is 0 Å². The van der Waals surface area contributed by atoms with E-state index in [0.717, 1.165) is 45.3 Å². The Morgan fingerprint density at radius 2 is 1.39 bits per heavy atom. The molecular weight excluding hydrogens is 348 g/mol. The molecule has 164 valence electrons. The first-order valence-corrected chi connectivity index (χ1v) is 12.0. The molecule has 0 bridgehead atoms. The third-order valence-electron chi connectivity index (χ3n) is 5.27. The monoisotopic (exact) mass is 394 g/mol. The van der Waals surface area contributed by atoms with Gasteiger partial charge in [-0.25, -0.2) is 0 Å². The van der Waals surface area contributed by atoms with Gasteiger partial charge in [0.1, 0.15) is 0 Å². The van der Waals surface area contributed by atoms with Crippen molar-refractivity contribution in [2.24, 2.45) is 0 Å². The molecule has 0 aliphatic carbocycles. The van der Waals surface area contributed by atoms with E-state index in [1.165, 1.54) is 70.6 Å². The largest absolute Gasteiger partial charge is 0.393 e. The summed E-state index contributed by atoms with van der Waals surface area (Å²) < 4.78 is 11.3. The second-order valence-corrected chi connectivity index (χ2v) is 8.23. The Bertz CT molecular complexity index is 370. The lowest BCUT2D eigenvalue weighted by Gasteiger charge is -2.22. The highest BCUT2D eigenvalue weighted by atomic mass is 16.7. The van der Waals surface area contributed by atoms with Crippen LogP contribution in [0.1, 0.15) is 110 Å². The molecule has 0 aromatic heterocycles. The smallest absolute Gasteiger partial charge is 0.157 e. The van der Waals surface area contributed by atoms with Crippen LogP contribution in [0.15, 0.2) is 24.3 Å². The highest BCUT2D eigenvalue weighted by Gasteiger charge is 2.12. The van der Waals surface area contributed by atoms with Gasteiger partial charge in [0.25, 0.3) is 0 Å². The SMILES string of the molecule is CC(O)CCC/C=C\CCCCCCC/C=C\CCCCOC1CCCCO1. The maximum absolute atomic E-state index is 9.19. The number of rotatable bonds is 18. The molecule has 1 aliphatic rings. The molecule has 0 aromatic rings. The summed E-state index contributed by atoms with van der Waals surface area (Å²) >= 11 is 0. The number of ether oxygens (including phenoxy) is 2. The zero-order valence-electron chi connectivity index (χ0n) is 18.5. The van der Waals surface area contributed by atoms with E-state index < -0.39 is 0 Å². The van der Waals surface area contributed by atoms with Gasteiger partial charge in [0.2, 0.25) is 0 Å². The number of hydrogen-bond acceptors (Lipinski definition) is 3. The van der Waals surface area contributed by atoms with E-state index in [9.17, 15) is 5.11 Å². The number of aliphatic hydroxyl groups excluding tert-OH is 1. The van der Waals surface area contributed by atoms with Crippen molar-refractivity contribution < 1.29 is 14.6 Å². The Morgan fingerprint density at radius 3 is 1.96 bits per heavy atom. The van der Waals surface area contributed by atoms with Gasteiger partial charge in [0.15, 0.2) is 6.29 Å². The molecule has 0 aromatic carbocycles. The Hall–Kier alpha value is -0.640. The van der Waals surface area contributed by atoms with E-state index in [-0.39, 0.29) is 12.4 Å². The van der Waals surface area contributed by atoms with E-state index in [0.29, 0.717) is 0 Å². The molecule has 3 heteroatoms. The second kappa shape index (κ2) is 19.7. The van der Waals surface area contributed by atoms with Crippen LogP contribution in [0.25, 0.3) is 0 Å².